The number of hydrogen-bond donors (Lipinski definition) is 1. The summed E-state index contributed by atoms with van der Waals surface area (Å²) in [6.45, 7) is 4.59. The molecule has 2 unspecified atom stereocenters. The molecule has 0 saturated heterocycles. The van der Waals surface area contributed by atoms with Crippen LogP contribution in [0, 0.1) is 0 Å². The Kier molecular flexibility index (Phi) is 2.87. The van der Waals surface area contributed by atoms with E-state index in [4.69, 9.17) is 0 Å². The fourth-order valence-corrected chi connectivity index (χ4v) is 1.81. The van der Waals surface area contributed by atoms with Gasteiger partial charge in [-0.25, -0.2) is 0 Å². The van der Waals surface area contributed by atoms with Crippen molar-refractivity contribution in [1.82, 2.24) is 5.32 Å². The van der Waals surface area contributed by atoms with E-state index in [2.05, 4.69) is 49.5 Å². The molecule has 0 heterocycles. The van der Waals surface area contributed by atoms with E-state index >= 15 is 0 Å². The molecule has 0 spiro atoms. The summed E-state index contributed by atoms with van der Waals surface area (Å²) in [4.78, 5) is 0. The van der Waals surface area contributed by atoms with Gasteiger partial charge in [-0.2, -0.15) is 0 Å². The fourth-order valence-electron chi connectivity index (χ4n) is 1.81. The van der Waals surface area contributed by atoms with E-state index in [1.807, 2.05) is 0 Å². The van der Waals surface area contributed by atoms with Gasteiger partial charge in [0.05, 0.1) is 0 Å². The van der Waals surface area contributed by atoms with E-state index in [1.165, 1.54) is 18.4 Å². The highest BCUT2D eigenvalue weighted by Gasteiger charge is 2.25. The molecule has 0 aromatic heterocycles. The Balaban J connectivity index is 1.96. The van der Waals surface area contributed by atoms with Crippen LogP contribution in [0.4, 0.5) is 0 Å². The molecule has 1 nitrogen and oxygen atoms in total. The van der Waals surface area contributed by atoms with Crippen LogP contribution in [0.3, 0.4) is 0 Å². The van der Waals surface area contributed by atoms with Gasteiger partial charge < -0.3 is 5.32 Å². The minimum absolute atomic E-state index is 0.588. The SMILES string of the molecule is CC(NC1CC1)C(C)c1ccccc1. The van der Waals surface area contributed by atoms with E-state index in [0.29, 0.717) is 12.0 Å². The lowest BCUT2D eigenvalue weighted by Crippen LogP contribution is -2.32. The quantitative estimate of drug-likeness (QED) is 0.768. The predicted molar refractivity (Wildman–Crippen MR) is 60.5 cm³/mol. The average Bonchev–Trinajstić information content (AvgIpc) is 3.02. The van der Waals surface area contributed by atoms with Crippen molar-refractivity contribution in [1.29, 1.82) is 0 Å². The molecular formula is C13H19N. The summed E-state index contributed by atoms with van der Waals surface area (Å²) in [5.74, 6) is 0.608. The highest BCUT2D eigenvalue weighted by Crippen LogP contribution is 2.24. The Hall–Kier alpha value is -0.820. The zero-order valence-electron chi connectivity index (χ0n) is 9.03. The highest BCUT2D eigenvalue weighted by molar-refractivity contribution is 5.20. The second kappa shape index (κ2) is 4.14. The first-order valence-corrected chi connectivity index (χ1v) is 5.58. The third kappa shape index (κ3) is 2.36. The van der Waals surface area contributed by atoms with Crippen LogP contribution in [0.15, 0.2) is 30.3 Å². The molecular weight excluding hydrogens is 170 g/mol. The molecule has 0 bridgehead atoms. The van der Waals surface area contributed by atoms with Crippen molar-refractivity contribution in [2.24, 2.45) is 0 Å². The second-order valence-electron chi connectivity index (χ2n) is 4.43. The molecule has 0 radical (unpaired) electrons. The Morgan fingerprint density at radius 3 is 2.36 bits per heavy atom. The van der Waals surface area contributed by atoms with Crippen molar-refractivity contribution >= 4 is 0 Å². The lowest BCUT2D eigenvalue weighted by molar-refractivity contribution is 0.478. The zero-order chi connectivity index (χ0) is 9.97. The molecule has 1 aromatic rings. The van der Waals surface area contributed by atoms with Gasteiger partial charge in [0.2, 0.25) is 0 Å². The number of rotatable bonds is 4. The van der Waals surface area contributed by atoms with Crippen LogP contribution in [0.1, 0.15) is 38.2 Å². The monoisotopic (exact) mass is 189 g/mol. The van der Waals surface area contributed by atoms with Crippen LogP contribution in [0.25, 0.3) is 0 Å². The highest BCUT2D eigenvalue weighted by atomic mass is 15.0. The summed E-state index contributed by atoms with van der Waals surface area (Å²) in [6.07, 6.45) is 2.73. The van der Waals surface area contributed by atoms with Gasteiger partial charge >= 0.3 is 0 Å². The summed E-state index contributed by atoms with van der Waals surface area (Å²) in [5, 5.41) is 3.65. The zero-order valence-corrected chi connectivity index (χ0v) is 9.03. The first-order chi connectivity index (χ1) is 6.77. The Bertz CT molecular complexity index is 277. The molecule has 1 saturated carbocycles. The molecule has 0 amide bonds. The van der Waals surface area contributed by atoms with Crippen LogP contribution in [-0.2, 0) is 0 Å². The largest absolute Gasteiger partial charge is 0.311 e. The normalized spacial score (nSPS) is 20.4. The maximum absolute atomic E-state index is 3.65. The van der Waals surface area contributed by atoms with Crippen molar-refractivity contribution < 1.29 is 0 Å². The van der Waals surface area contributed by atoms with Crippen molar-refractivity contribution in [2.75, 3.05) is 0 Å². The van der Waals surface area contributed by atoms with Gasteiger partial charge in [-0.05, 0) is 31.2 Å². The molecule has 1 aliphatic carbocycles. The fraction of sp³-hybridized carbons (Fsp3) is 0.538. The van der Waals surface area contributed by atoms with Crippen LogP contribution in [0.2, 0.25) is 0 Å². The Morgan fingerprint density at radius 1 is 1.14 bits per heavy atom. The average molecular weight is 189 g/mol. The lowest BCUT2D eigenvalue weighted by atomic mass is 9.94. The van der Waals surface area contributed by atoms with E-state index in [-0.39, 0.29) is 0 Å². The minimum Gasteiger partial charge on any atom is -0.311 e. The third-order valence-corrected chi connectivity index (χ3v) is 3.15. The maximum Gasteiger partial charge on any atom is 0.0107 e. The first-order valence-electron chi connectivity index (χ1n) is 5.58. The maximum atomic E-state index is 3.65. The second-order valence-corrected chi connectivity index (χ2v) is 4.43. The van der Waals surface area contributed by atoms with Crippen LogP contribution < -0.4 is 5.32 Å². The summed E-state index contributed by atoms with van der Waals surface area (Å²) in [6, 6.07) is 12.1. The molecule has 76 valence electrons. The van der Waals surface area contributed by atoms with Crippen molar-refractivity contribution in [2.45, 2.75) is 44.7 Å². The molecule has 1 aromatic carbocycles. The van der Waals surface area contributed by atoms with Crippen LogP contribution in [0.5, 0.6) is 0 Å². The van der Waals surface area contributed by atoms with Gasteiger partial charge in [-0.15, -0.1) is 0 Å². The predicted octanol–water partition coefficient (Wildman–Crippen LogP) is 2.93. The summed E-state index contributed by atoms with van der Waals surface area (Å²) >= 11 is 0. The Morgan fingerprint density at radius 2 is 1.79 bits per heavy atom. The Labute approximate surface area is 86.5 Å². The van der Waals surface area contributed by atoms with Gasteiger partial charge in [0.25, 0.3) is 0 Å². The van der Waals surface area contributed by atoms with E-state index in [9.17, 15) is 0 Å². The van der Waals surface area contributed by atoms with Crippen molar-refractivity contribution in [3.63, 3.8) is 0 Å². The smallest absolute Gasteiger partial charge is 0.0107 e. The molecule has 1 aliphatic rings. The van der Waals surface area contributed by atoms with E-state index < -0.39 is 0 Å². The number of nitrogens with one attached hydrogen (secondary N) is 1. The molecule has 2 atom stereocenters. The molecule has 14 heavy (non-hydrogen) atoms. The van der Waals surface area contributed by atoms with E-state index in [1.54, 1.807) is 0 Å². The van der Waals surface area contributed by atoms with Gasteiger partial charge in [0, 0.05) is 12.1 Å². The molecule has 2 rings (SSSR count). The summed E-state index contributed by atoms with van der Waals surface area (Å²) in [7, 11) is 0. The van der Waals surface area contributed by atoms with Crippen molar-refractivity contribution in [3.8, 4) is 0 Å². The topological polar surface area (TPSA) is 12.0 Å². The summed E-state index contributed by atoms with van der Waals surface area (Å²) < 4.78 is 0. The third-order valence-electron chi connectivity index (χ3n) is 3.15. The van der Waals surface area contributed by atoms with Crippen LogP contribution >= 0.6 is 0 Å². The van der Waals surface area contributed by atoms with Gasteiger partial charge in [0.15, 0.2) is 0 Å². The van der Waals surface area contributed by atoms with Gasteiger partial charge in [0.1, 0.15) is 0 Å². The molecule has 0 aliphatic heterocycles. The number of benzene rings is 1. The number of hydrogen-bond acceptors (Lipinski definition) is 1. The summed E-state index contributed by atoms with van der Waals surface area (Å²) in [5.41, 5.74) is 1.44. The molecule has 1 fully saturated rings. The molecule has 1 heteroatoms. The van der Waals surface area contributed by atoms with Crippen molar-refractivity contribution in [3.05, 3.63) is 35.9 Å². The van der Waals surface area contributed by atoms with Gasteiger partial charge in [-0.3, -0.25) is 0 Å². The lowest BCUT2D eigenvalue weighted by Gasteiger charge is -2.21. The van der Waals surface area contributed by atoms with Crippen LogP contribution in [-0.4, -0.2) is 12.1 Å². The van der Waals surface area contributed by atoms with Gasteiger partial charge in [-0.1, -0.05) is 37.3 Å². The molecule has 1 N–H and O–H groups in total. The standard InChI is InChI=1S/C13H19N/c1-10(11(2)14-13-8-9-13)12-6-4-3-5-7-12/h3-7,10-11,13-14H,8-9H2,1-2H3. The minimum atomic E-state index is 0.588. The first kappa shape index (κ1) is 9.72. The van der Waals surface area contributed by atoms with E-state index in [0.717, 1.165) is 6.04 Å².